The van der Waals surface area contributed by atoms with Crippen molar-refractivity contribution in [2.45, 2.75) is 42.3 Å². The topological polar surface area (TPSA) is 119 Å². The van der Waals surface area contributed by atoms with Crippen LogP contribution in [0, 0.1) is 6.92 Å². The van der Waals surface area contributed by atoms with Gasteiger partial charge >= 0.3 is 5.97 Å². The maximum atomic E-state index is 14.0. The molecule has 0 bridgehead atoms. The quantitative estimate of drug-likeness (QED) is 0.0867. The number of carbonyl (C=O) groups excluding carboxylic acids is 3. The van der Waals surface area contributed by atoms with Gasteiger partial charge in [-0.3, -0.25) is 9.59 Å². The first-order chi connectivity index (χ1) is 22.5. The molecule has 0 radical (unpaired) electrons. The van der Waals surface area contributed by atoms with Gasteiger partial charge in [0.1, 0.15) is 17.2 Å². The molecular formula is C36H34N2O7S2. The Morgan fingerprint density at radius 3 is 1.94 bits per heavy atom. The summed E-state index contributed by atoms with van der Waals surface area (Å²) in [6.07, 6.45) is -0.809. The normalized spacial score (nSPS) is 16.6. The molecular weight excluding hydrogens is 637 g/mol. The lowest BCUT2D eigenvalue weighted by Gasteiger charge is -2.49. The Kier molecular flexibility index (Phi) is 10.5. The number of rotatable bonds is 13. The standard InChI is InChI=1S/C36H34N2O7S2/c1-24(2)32(36(41)45-33(26-13-7-4-8-14-26)27-15-9-5-10-16-27)38-34(40)31(37-30(39)23-44-28-17-11-6-12-18-28)35(38)46-47(42,43)29-21-19-25(3)20-22-29/h4-22,31-33,35H,1,23H2,2-3H3,(H,37,39)/t31-,32?,35-/m1/s1. The predicted molar refractivity (Wildman–Crippen MR) is 180 cm³/mol. The molecule has 242 valence electrons. The van der Waals surface area contributed by atoms with Gasteiger partial charge in [0, 0.05) is 10.8 Å². The molecule has 5 rings (SSSR count). The molecule has 1 unspecified atom stereocenters. The van der Waals surface area contributed by atoms with E-state index in [2.05, 4.69) is 11.9 Å². The summed E-state index contributed by atoms with van der Waals surface area (Å²) in [6.45, 7) is 6.95. The van der Waals surface area contributed by atoms with Crippen molar-refractivity contribution in [3.05, 3.63) is 144 Å². The summed E-state index contributed by atoms with van der Waals surface area (Å²) in [7, 11) is -3.58. The number of nitrogens with one attached hydrogen (secondary N) is 1. The van der Waals surface area contributed by atoms with Crippen molar-refractivity contribution in [3.63, 3.8) is 0 Å². The Balaban J connectivity index is 1.43. The molecule has 0 saturated carbocycles. The first-order valence-corrected chi connectivity index (χ1v) is 17.7. The SMILES string of the molecule is C=C(C)C(C(=O)OC(c1ccccc1)c1ccccc1)N1C(=O)[C@@H](NC(=O)COc2ccccc2)[C@H]1SS(=O)(=O)c1ccc(C)cc1. The average molecular weight is 671 g/mol. The number of hydrogen-bond donors (Lipinski definition) is 1. The third-order valence-corrected chi connectivity index (χ3v) is 11.2. The van der Waals surface area contributed by atoms with E-state index in [1.54, 1.807) is 49.4 Å². The van der Waals surface area contributed by atoms with Gasteiger partial charge in [0.15, 0.2) is 18.8 Å². The number of benzene rings is 4. The molecule has 2 amide bonds. The van der Waals surface area contributed by atoms with Crippen LogP contribution >= 0.6 is 10.8 Å². The van der Waals surface area contributed by atoms with Crippen molar-refractivity contribution >= 4 is 37.4 Å². The van der Waals surface area contributed by atoms with Gasteiger partial charge in [-0.1, -0.05) is 103 Å². The molecule has 9 nitrogen and oxygen atoms in total. The van der Waals surface area contributed by atoms with Crippen molar-refractivity contribution in [1.29, 1.82) is 0 Å². The summed E-state index contributed by atoms with van der Waals surface area (Å²) in [5.41, 5.74) is 2.55. The van der Waals surface area contributed by atoms with Gasteiger partial charge in [-0.15, -0.1) is 0 Å². The second-order valence-electron chi connectivity index (χ2n) is 11.0. The van der Waals surface area contributed by atoms with Gasteiger partial charge in [0.2, 0.25) is 14.8 Å². The summed E-state index contributed by atoms with van der Waals surface area (Å²) >= 11 is 0. The highest BCUT2D eigenvalue weighted by Gasteiger charge is 2.56. The summed E-state index contributed by atoms with van der Waals surface area (Å²) < 4.78 is 38.8. The minimum absolute atomic E-state index is 0.0209. The third-order valence-electron chi connectivity index (χ3n) is 7.45. The Hall–Kier alpha value is -4.87. The lowest BCUT2D eigenvalue weighted by molar-refractivity contribution is -0.165. The fourth-order valence-corrected chi connectivity index (χ4v) is 8.59. The highest BCUT2D eigenvalue weighted by atomic mass is 33.1. The van der Waals surface area contributed by atoms with E-state index in [0.29, 0.717) is 27.7 Å². The molecule has 3 atom stereocenters. The Labute approximate surface area is 277 Å². The van der Waals surface area contributed by atoms with Crippen LogP contribution in [-0.4, -0.2) is 55.2 Å². The molecule has 1 aliphatic rings. The van der Waals surface area contributed by atoms with Gasteiger partial charge in [0.25, 0.3) is 5.91 Å². The molecule has 1 aliphatic heterocycles. The fraction of sp³-hybridized carbons (Fsp3) is 0.194. The van der Waals surface area contributed by atoms with E-state index in [-0.39, 0.29) is 10.5 Å². The monoisotopic (exact) mass is 670 g/mol. The van der Waals surface area contributed by atoms with Crippen molar-refractivity contribution in [2.24, 2.45) is 0 Å². The van der Waals surface area contributed by atoms with E-state index < -0.39 is 56.8 Å². The number of hydrogen-bond acceptors (Lipinski definition) is 8. The number of nitrogens with zero attached hydrogens (tertiary/aromatic N) is 1. The molecule has 1 heterocycles. The van der Waals surface area contributed by atoms with Crippen molar-refractivity contribution < 1.29 is 32.3 Å². The number of para-hydroxylation sites is 1. The number of likely N-dealkylation sites (tertiary alicyclic amines) is 1. The molecule has 47 heavy (non-hydrogen) atoms. The Morgan fingerprint density at radius 2 is 1.40 bits per heavy atom. The number of ether oxygens (including phenoxy) is 2. The third kappa shape index (κ3) is 7.93. The van der Waals surface area contributed by atoms with Crippen molar-refractivity contribution in [1.82, 2.24) is 10.2 Å². The zero-order chi connectivity index (χ0) is 33.6. The largest absolute Gasteiger partial charge is 0.484 e. The summed E-state index contributed by atoms with van der Waals surface area (Å²) in [5, 5.41) is 1.42. The summed E-state index contributed by atoms with van der Waals surface area (Å²) in [6, 6.07) is 30.6. The van der Waals surface area contributed by atoms with Crippen molar-refractivity contribution in [2.75, 3.05) is 6.61 Å². The highest BCUT2D eigenvalue weighted by molar-refractivity contribution is 8.72. The first-order valence-electron chi connectivity index (χ1n) is 14.8. The predicted octanol–water partition coefficient (Wildman–Crippen LogP) is 5.43. The minimum Gasteiger partial charge on any atom is -0.484 e. The van der Waals surface area contributed by atoms with Gasteiger partial charge in [-0.2, -0.15) is 0 Å². The zero-order valence-corrected chi connectivity index (χ0v) is 27.4. The van der Waals surface area contributed by atoms with Crippen LogP contribution in [0.5, 0.6) is 5.75 Å². The number of esters is 1. The Bertz CT molecular complexity index is 1800. The van der Waals surface area contributed by atoms with Gasteiger partial charge in [-0.05, 0) is 54.8 Å². The van der Waals surface area contributed by atoms with Crippen LogP contribution < -0.4 is 10.1 Å². The van der Waals surface area contributed by atoms with E-state index in [1.807, 2.05) is 67.6 Å². The number of carbonyl (C=O) groups is 3. The van der Waals surface area contributed by atoms with Crippen LogP contribution in [0.15, 0.2) is 132 Å². The van der Waals surface area contributed by atoms with E-state index >= 15 is 0 Å². The molecule has 0 aromatic heterocycles. The molecule has 0 spiro atoms. The molecule has 1 N–H and O–H groups in total. The molecule has 11 heteroatoms. The van der Waals surface area contributed by atoms with Gasteiger partial charge < -0.3 is 19.7 Å². The van der Waals surface area contributed by atoms with Crippen molar-refractivity contribution in [3.8, 4) is 5.75 Å². The summed E-state index contributed by atoms with van der Waals surface area (Å²) in [5.74, 6) is -1.63. The Morgan fingerprint density at radius 1 is 0.872 bits per heavy atom. The lowest BCUT2D eigenvalue weighted by Crippen LogP contribution is -2.73. The van der Waals surface area contributed by atoms with E-state index in [9.17, 15) is 22.8 Å². The number of β-lactam (4-membered cyclic amide) rings is 1. The smallest absolute Gasteiger partial charge is 0.334 e. The molecule has 1 fully saturated rings. The van der Waals surface area contributed by atoms with Crippen LogP contribution in [0.3, 0.4) is 0 Å². The van der Waals surface area contributed by atoms with Crippen LogP contribution in [0.25, 0.3) is 0 Å². The summed E-state index contributed by atoms with van der Waals surface area (Å²) in [4.78, 5) is 41.8. The van der Waals surface area contributed by atoms with Crippen LogP contribution in [0.4, 0.5) is 0 Å². The van der Waals surface area contributed by atoms with Gasteiger partial charge in [0.05, 0.1) is 4.90 Å². The van der Waals surface area contributed by atoms with Crippen LogP contribution in [0.2, 0.25) is 0 Å². The minimum atomic E-state index is -4.05. The maximum absolute atomic E-state index is 14.0. The van der Waals surface area contributed by atoms with E-state index in [1.165, 1.54) is 12.1 Å². The first kappa shape index (κ1) is 33.5. The van der Waals surface area contributed by atoms with E-state index in [0.717, 1.165) is 10.5 Å². The number of amides is 2. The van der Waals surface area contributed by atoms with Crippen LogP contribution in [0.1, 0.15) is 29.7 Å². The average Bonchev–Trinajstić information content (AvgIpc) is 3.08. The second-order valence-corrected chi connectivity index (χ2v) is 15.0. The maximum Gasteiger partial charge on any atom is 0.334 e. The van der Waals surface area contributed by atoms with Crippen LogP contribution in [-0.2, 0) is 28.0 Å². The highest BCUT2D eigenvalue weighted by Crippen LogP contribution is 2.40. The molecule has 4 aromatic rings. The molecule has 0 aliphatic carbocycles. The second kappa shape index (κ2) is 14.7. The lowest BCUT2D eigenvalue weighted by atomic mass is 9.98. The zero-order valence-electron chi connectivity index (χ0n) is 25.8. The van der Waals surface area contributed by atoms with Gasteiger partial charge in [-0.25, -0.2) is 13.2 Å². The fourth-order valence-electron chi connectivity index (χ4n) is 5.08. The molecule has 4 aromatic carbocycles. The van der Waals surface area contributed by atoms with E-state index in [4.69, 9.17) is 9.47 Å². The molecule has 1 saturated heterocycles. The number of aryl methyl sites for hydroxylation is 1.